The summed E-state index contributed by atoms with van der Waals surface area (Å²) >= 11 is 0. The Bertz CT molecular complexity index is 789. The molecule has 1 amide bonds. The van der Waals surface area contributed by atoms with Crippen molar-refractivity contribution in [2.24, 2.45) is 4.99 Å². The van der Waals surface area contributed by atoms with Crippen LogP contribution in [0.3, 0.4) is 0 Å². The SMILES string of the molecule is C=CC(=O)N1CCN(C(=N/C=C\C)C(=C)Cc2ccc(C(F)(F)CC)cc2)CC1. The predicted octanol–water partition coefficient (Wildman–Crippen LogP) is 4.55. The fourth-order valence-corrected chi connectivity index (χ4v) is 3.21. The molecule has 0 spiro atoms. The van der Waals surface area contributed by atoms with Gasteiger partial charge in [0.25, 0.3) is 5.92 Å². The van der Waals surface area contributed by atoms with Crippen LogP contribution >= 0.6 is 0 Å². The molecule has 0 radical (unpaired) electrons. The number of rotatable bonds is 7. The van der Waals surface area contributed by atoms with Crippen molar-refractivity contribution in [2.75, 3.05) is 26.2 Å². The average molecular weight is 402 g/mol. The van der Waals surface area contributed by atoms with Gasteiger partial charge in [0.2, 0.25) is 5.91 Å². The van der Waals surface area contributed by atoms with Crippen molar-refractivity contribution < 1.29 is 13.6 Å². The van der Waals surface area contributed by atoms with Crippen molar-refractivity contribution in [3.63, 3.8) is 0 Å². The second kappa shape index (κ2) is 10.1. The lowest BCUT2D eigenvalue weighted by atomic mass is 10.00. The number of aliphatic imine (C=N–C) groups is 1. The van der Waals surface area contributed by atoms with Crippen molar-refractivity contribution >= 4 is 11.7 Å². The van der Waals surface area contributed by atoms with Gasteiger partial charge in [-0.25, -0.2) is 13.8 Å². The van der Waals surface area contributed by atoms with Crippen molar-refractivity contribution in [2.45, 2.75) is 32.6 Å². The number of hydrogen-bond donors (Lipinski definition) is 0. The summed E-state index contributed by atoms with van der Waals surface area (Å²) in [5, 5.41) is 0. The van der Waals surface area contributed by atoms with Crippen molar-refractivity contribution in [1.82, 2.24) is 9.80 Å². The normalized spacial score (nSPS) is 15.7. The van der Waals surface area contributed by atoms with Crippen LogP contribution in [0.5, 0.6) is 0 Å². The Morgan fingerprint density at radius 3 is 2.28 bits per heavy atom. The maximum atomic E-state index is 13.8. The van der Waals surface area contributed by atoms with Crippen LogP contribution in [0, 0.1) is 0 Å². The van der Waals surface area contributed by atoms with Gasteiger partial charge in [0.1, 0.15) is 5.84 Å². The molecule has 29 heavy (non-hydrogen) atoms. The summed E-state index contributed by atoms with van der Waals surface area (Å²) in [6.45, 7) is 13.6. The molecular weight excluding hydrogens is 372 g/mol. The first-order valence-corrected chi connectivity index (χ1v) is 9.83. The Hall–Kier alpha value is -2.76. The molecule has 0 bridgehead atoms. The number of hydrogen-bond acceptors (Lipinski definition) is 2. The molecule has 0 aliphatic carbocycles. The Morgan fingerprint density at radius 2 is 1.76 bits per heavy atom. The maximum Gasteiger partial charge on any atom is 0.273 e. The van der Waals surface area contributed by atoms with Crippen LogP contribution in [0.1, 0.15) is 31.4 Å². The van der Waals surface area contributed by atoms with Crippen LogP contribution in [0.25, 0.3) is 0 Å². The summed E-state index contributed by atoms with van der Waals surface area (Å²) in [6.07, 6.45) is 5.17. The number of amides is 1. The van der Waals surface area contributed by atoms with Crippen LogP contribution in [-0.4, -0.2) is 47.7 Å². The van der Waals surface area contributed by atoms with E-state index >= 15 is 0 Å². The number of allylic oxidation sites excluding steroid dienone is 1. The Morgan fingerprint density at radius 1 is 1.17 bits per heavy atom. The first kappa shape index (κ1) is 22.5. The van der Waals surface area contributed by atoms with E-state index in [1.807, 2.05) is 13.0 Å². The maximum absolute atomic E-state index is 13.8. The number of piperazine rings is 1. The van der Waals surface area contributed by atoms with Gasteiger partial charge >= 0.3 is 0 Å². The third-order valence-electron chi connectivity index (χ3n) is 4.97. The number of carbonyl (C=O) groups is 1. The molecule has 2 rings (SSSR count). The fraction of sp³-hybridized carbons (Fsp3) is 0.391. The van der Waals surface area contributed by atoms with E-state index in [1.165, 1.54) is 25.1 Å². The minimum absolute atomic E-state index is 0.0279. The highest BCUT2D eigenvalue weighted by atomic mass is 19.3. The summed E-state index contributed by atoms with van der Waals surface area (Å²) < 4.78 is 27.6. The van der Waals surface area contributed by atoms with Gasteiger partial charge in [-0.15, -0.1) is 0 Å². The van der Waals surface area contributed by atoms with Gasteiger partial charge in [-0.1, -0.05) is 50.4 Å². The van der Waals surface area contributed by atoms with Crippen LogP contribution in [0.2, 0.25) is 0 Å². The molecule has 1 aliphatic rings. The minimum atomic E-state index is -2.81. The summed E-state index contributed by atoms with van der Waals surface area (Å²) in [6, 6.07) is 6.40. The summed E-state index contributed by atoms with van der Waals surface area (Å²) in [7, 11) is 0. The molecule has 0 unspecified atom stereocenters. The van der Waals surface area contributed by atoms with Crippen LogP contribution < -0.4 is 0 Å². The standard InChI is InChI=1S/C23H29F2N3O/c1-5-12-26-22(28-15-13-27(14-16-28)21(29)6-2)18(4)17-19-8-10-20(11-9-19)23(24,25)7-3/h5-6,8-12H,2,4,7,13-17H2,1,3H3/b12-5-,26-22?. The van der Waals surface area contributed by atoms with Gasteiger partial charge in [0.15, 0.2) is 0 Å². The lowest BCUT2D eigenvalue weighted by molar-refractivity contribution is -0.127. The molecule has 156 valence electrons. The summed E-state index contributed by atoms with van der Waals surface area (Å²) in [5.74, 6) is -2.12. The lowest BCUT2D eigenvalue weighted by Crippen LogP contribution is -2.50. The van der Waals surface area contributed by atoms with Crippen molar-refractivity contribution in [1.29, 1.82) is 0 Å². The molecule has 1 fully saturated rings. The van der Waals surface area contributed by atoms with Gasteiger partial charge in [0, 0.05) is 50.8 Å². The third-order valence-corrected chi connectivity index (χ3v) is 4.97. The zero-order valence-electron chi connectivity index (χ0n) is 17.2. The largest absolute Gasteiger partial charge is 0.353 e. The quantitative estimate of drug-likeness (QED) is 0.382. The van der Waals surface area contributed by atoms with E-state index in [4.69, 9.17) is 0 Å². The molecule has 6 heteroatoms. The first-order valence-electron chi connectivity index (χ1n) is 9.83. The lowest BCUT2D eigenvalue weighted by Gasteiger charge is -2.36. The molecule has 0 N–H and O–H groups in total. The Labute approximate surface area is 171 Å². The number of carbonyl (C=O) groups excluding carboxylic acids is 1. The molecule has 1 aromatic rings. The number of halogens is 2. The highest BCUT2D eigenvalue weighted by Crippen LogP contribution is 2.31. The first-order chi connectivity index (χ1) is 13.8. The van der Waals surface area contributed by atoms with Gasteiger partial charge in [0.05, 0.1) is 0 Å². The minimum Gasteiger partial charge on any atom is -0.353 e. The monoisotopic (exact) mass is 401 g/mol. The highest BCUT2D eigenvalue weighted by molar-refractivity contribution is 5.98. The smallest absolute Gasteiger partial charge is 0.273 e. The molecule has 1 heterocycles. The van der Waals surface area contributed by atoms with Gasteiger partial charge in [-0.2, -0.15) is 0 Å². The van der Waals surface area contributed by atoms with Crippen LogP contribution in [0.4, 0.5) is 8.78 Å². The Balaban J connectivity index is 2.10. The fourth-order valence-electron chi connectivity index (χ4n) is 3.21. The zero-order valence-corrected chi connectivity index (χ0v) is 17.2. The predicted molar refractivity (Wildman–Crippen MR) is 114 cm³/mol. The van der Waals surface area contributed by atoms with E-state index in [0.29, 0.717) is 32.6 Å². The van der Waals surface area contributed by atoms with E-state index in [0.717, 1.165) is 17.0 Å². The highest BCUT2D eigenvalue weighted by Gasteiger charge is 2.28. The molecule has 4 nitrogen and oxygen atoms in total. The van der Waals surface area contributed by atoms with E-state index in [-0.39, 0.29) is 17.9 Å². The number of nitrogens with zero attached hydrogens (tertiary/aromatic N) is 3. The van der Waals surface area contributed by atoms with Gasteiger partial charge < -0.3 is 9.80 Å². The van der Waals surface area contributed by atoms with E-state index in [9.17, 15) is 13.6 Å². The second-order valence-corrected chi connectivity index (χ2v) is 6.99. The van der Waals surface area contributed by atoms with Gasteiger partial charge in [-0.3, -0.25) is 4.79 Å². The van der Waals surface area contributed by atoms with Crippen LogP contribution in [0.15, 0.2) is 66.3 Å². The zero-order chi connectivity index (χ0) is 21.4. The molecule has 0 atom stereocenters. The van der Waals surface area contributed by atoms with Crippen molar-refractivity contribution in [3.05, 3.63) is 72.5 Å². The molecule has 0 saturated carbocycles. The van der Waals surface area contributed by atoms with Crippen molar-refractivity contribution in [3.8, 4) is 0 Å². The second-order valence-electron chi connectivity index (χ2n) is 6.99. The van der Waals surface area contributed by atoms with E-state index < -0.39 is 5.92 Å². The molecular formula is C23H29F2N3O. The number of alkyl halides is 2. The average Bonchev–Trinajstić information content (AvgIpc) is 2.74. The molecule has 1 aromatic carbocycles. The third kappa shape index (κ3) is 5.86. The molecule has 0 aromatic heterocycles. The molecule has 1 saturated heterocycles. The number of amidine groups is 1. The van der Waals surface area contributed by atoms with E-state index in [2.05, 4.69) is 23.1 Å². The number of benzene rings is 1. The topological polar surface area (TPSA) is 35.9 Å². The Kier molecular flexibility index (Phi) is 7.88. The van der Waals surface area contributed by atoms with E-state index in [1.54, 1.807) is 23.2 Å². The van der Waals surface area contributed by atoms with Gasteiger partial charge in [-0.05, 0) is 24.1 Å². The summed E-state index contributed by atoms with van der Waals surface area (Å²) in [4.78, 5) is 20.2. The van der Waals surface area contributed by atoms with Crippen LogP contribution in [-0.2, 0) is 17.1 Å². The molecule has 1 aliphatic heterocycles. The summed E-state index contributed by atoms with van der Waals surface area (Å²) in [5.41, 5.74) is 1.74.